The first kappa shape index (κ1) is 16.2. The second-order valence-corrected chi connectivity index (χ2v) is 5.79. The highest BCUT2D eigenvalue weighted by atomic mass is 16.5. The number of rotatable bonds is 7. The molecular formula is C16H27NO2. The van der Waals surface area contributed by atoms with E-state index >= 15 is 0 Å². The highest BCUT2D eigenvalue weighted by Crippen LogP contribution is 2.14. The van der Waals surface area contributed by atoms with Gasteiger partial charge in [0.1, 0.15) is 0 Å². The number of aryl methyl sites for hydroxylation is 1. The van der Waals surface area contributed by atoms with Gasteiger partial charge in [0.2, 0.25) is 0 Å². The van der Waals surface area contributed by atoms with Crippen LogP contribution in [0, 0.1) is 6.92 Å². The lowest BCUT2D eigenvalue weighted by molar-refractivity contribution is -0.0372. The molecule has 0 saturated heterocycles. The molecule has 0 saturated carbocycles. The van der Waals surface area contributed by atoms with E-state index in [4.69, 9.17) is 9.47 Å². The van der Waals surface area contributed by atoms with Gasteiger partial charge in [0.05, 0.1) is 31.5 Å². The second-order valence-electron chi connectivity index (χ2n) is 5.79. The van der Waals surface area contributed by atoms with Gasteiger partial charge in [0, 0.05) is 0 Å². The largest absolute Gasteiger partial charge is 0.377 e. The van der Waals surface area contributed by atoms with Gasteiger partial charge in [-0.3, -0.25) is 0 Å². The molecule has 1 aromatic carbocycles. The Morgan fingerprint density at radius 3 is 2.53 bits per heavy atom. The Kier molecular flexibility index (Phi) is 6.49. The van der Waals surface area contributed by atoms with E-state index in [1.54, 1.807) is 0 Å². The number of nitrogens with one attached hydrogen (secondary N) is 1. The summed E-state index contributed by atoms with van der Waals surface area (Å²) in [5, 5.41) is 3.29. The van der Waals surface area contributed by atoms with Gasteiger partial charge < -0.3 is 14.8 Å². The Hall–Kier alpha value is -0.900. The predicted octanol–water partition coefficient (Wildman–Crippen LogP) is 3.09. The summed E-state index contributed by atoms with van der Waals surface area (Å²) in [4.78, 5) is 0. The fourth-order valence-electron chi connectivity index (χ4n) is 1.84. The molecule has 0 bridgehead atoms. The van der Waals surface area contributed by atoms with Gasteiger partial charge in [0.15, 0.2) is 0 Å². The van der Waals surface area contributed by atoms with Gasteiger partial charge in [-0.2, -0.15) is 0 Å². The van der Waals surface area contributed by atoms with Crippen molar-refractivity contribution in [2.45, 2.75) is 39.3 Å². The van der Waals surface area contributed by atoms with Crippen molar-refractivity contribution in [1.82, 2.24) is 5.32 Å². The fraction of sp³-hybridized carbons (Fsp3) is 0.625. The summed E-state index contributed by atoms with van der Waals surface area (Å²) in [6.07, 6.45) is 0. The van der Waals surface area contributed by atoms with E-state index in [1.165, 1.54) is 11.1 Å². The lowest BCUT2D eigenvalue weighted by Crippen LogP contribution is -2.25. The number of benzene rings is 1. The summed E-state index contributed by atoms with van der Waals surface area (Å²) in [5.74, 6) is 0. The monoisotopic (exact) mass is 265 g/mol. The molecule has 3 nitrogen and oxygen atoms in total. The molecular weight excluding hydrogens is 238 g/mol. The van der Waals surface area contributed by atoms with E-state index in [-0.39, 0.29) is 11.6 Å². The van der Waals surface area contributed by atoms with E-state index in [9.17, 15) is 0 Å². The summed E-state index contributed by atoms with van der Waals surface area (Å²) in [6.45, 7) is 10.2. The summed E-state index contributed by atoms with van der Waals surface area (Å²) in [5.41, 5.74) is 2.44. The van der Waals surface area contributed by atoms with Gasteiger partial charge in [-0.1, -0.05) is 29.8 Å². The smallest absolute Gasteiger partial charge is 0.0707 e. The van der Waals surface area contributed by atoms with Crippen LogP contribution in [0.25, 0.3) is 0 Å². The SMILES string of the molecule is CNC(COCCOC(C)(C)C)c1cccc(C)c1. The van der Waals surface area contributed by atoms with Crippen molar-refractivity contribution in [2.24, 2.45) is 0 Å². The minimum atomic E-state index is -0.0949. The standard InChI is InChI=1S/C16H27NO2/c1-13-7-6-8-14(11-13)15(17-5)12-18-9-10-19-16(2,3)4/h6-8,11,15,17H,9-10,12H2,1-5H3. The third-order valence-electron chi connectivity index (χ3n) is 2.84. The van der Waals surface area contributed by atoms with E-state index in [1.807, 2.05) is 7.05 Å². The van der Waals surface area contributed by atoms with E-state index in [0.29, 0.717) is 19.8 Å². The molecule has 0 aliphatic heterocycles. The lowest BCUT2D eigenvalue weighted by atomic mass is 10.1. The van der Waals surface area contributed by atoms with Crippen molar-refractivity contribution in [3.8, 4) is 0 Å². The molecule has 1 rings (SSSR count). The summed E-state index contributed by atoms with van der Waals surface area (Å²) in [6, 6.07) is 8.74. The molecule has 1 N–H and O–H groups in total. The lowest BCUT2D eigenvalue weighted by Gasteiger charge is -2.21. The van der Waals surface area contributed by atoms with Crippen LogP contribution in [0.15, 0.2) is 24.3 Å². The highest BCUT2D eigenvalue weighted by molar-refractivity contribution is 5.25. The summed E-state index contributed by atoms with van der Waals surface area (Å²) in [7, 11) is 1.96. The van der Waals surface area contributed by atoms with Crippen LogP contribution >= 0.6 is 0 Å². The Balaban J connectivity index is 2.34. The van der Waals surface area contributed by atoms with Crippen LogP contribution < -0.4 is 5.32 Å². The van der Waals surface area contributed by atoms with E-state index in [2.05, 4.69) is 57.3 Å². The zero-order chi connectivity index (χ0) is 14.3. The maximum absolute atomic E-state index is 5.69. The van der Waals surface area contributed by atoms with Crippen molar-refractivity contribution in [3.63, 3.8) is 0 Å². The number of ether oxygens (including phenoxy) is 2. The van der Waals surface area contributed by atoms with Crippen LogP contribution in [0.1, 0.15) is 37.9 Å². The van der Waals surface area contributed by atoms with E-state index in [0.717, 1.165) is 0 Å². The predicted molar refractivity (Wildman–Crippen MR) is 79.5 cm³/mol. The van der Waals surface area contributed by atoms with Crippen LogP contribution in [0.4, 0.5) is 0 Å². The van der Waals surface area contributed by atoms with Crippen molar-refractivity contribution in [3.05, 3.63) is 35.4 Å². The molecule has 0 aliphatic rings. The first-order valence-electron chi connectivity index (χ1n) is 6.88. The third kappa shape index (κ3) is 6.71. The maximum Gasteiger partial charge on any atom is 0.0707 e. The normalized spacial score (nSPS) is 13.5. The van der Waals surface area contributed by atoms with Crippen LogP contribution in [0.2, 0.25) is 0 Å². The Bertz CT molecular complexity index is 371. The second kappa shape index (κ2) is 7.63. The first-order valence-corrected chi connectivity index (χ1v) is 6.88. The summed E-state index contributed by atoms with van der Waals surface area (Å²) < 4.78 is 11.3. The molecule has 0 radical (unpaired) electrons. The highest BCUT2D eigenvalue weighted by Gasteiger charge is 2.11. The Labute approximate surface area is 117 Å². The van der Waals surface area contributed by atoms with Crippen LogP contribution in [0.5, 0.6) is 0 Å². The molecule has 1 unspecified atom stereocenters. The molecule has 0 aromatic heterocycles. The van der Waals surface area contributed by atoms with Crippen molar-refractivity contribution >= 4 is 0 Å². The van der Waals surface area contributed by atoms with Crippen molar-refractivity contribution in [1.29, 1.82) is 0 Å². The molecule has 19 heavy (non-hydrogen) atoms. The third-order valence-corrected chi connectivity index (χ3v) is 2.84. The topological polar surface area (TPSA) is 30.5 Å². The minimum Gasteiger partial charge on any atom is -0.377 e. The molecule has 0 spiro atoms. The summed E-state index contributed by atoms with van der Waals surface area (Å²) >= 11 is 0. The number of hydrogen-bond acceptors (Lipinski definition) is 3. The average molecular weight is 265 g/mol. The van der Waals surface area contributed by atoms with Gasteiger partial charge in [0.25, 0.3) is 0 Å². The molecule has 0 fully saturated rings. The van der Waals surface area contributed by atoms with E-state index < -0.39 is 0 Å². The number of hydrogen-bond donors (Lipinski definition) is 1. The zero-order valence-electron chi connectivity index (χ0n) is 12.8. The fourth-order valence-corrected chi connectivity index (χ4v) is 1.84. The zero-order valence-corrected chi connectivity index (χ0v) is 12.8. The molecule has 1 atom stereocenters. The Morgan fingerprint density at radius 1 is 1.21 bits per heavy atom. The molecule has 1 aromatic rings. The van der Waals surface area contributed by atoms with Crippen molar-refractivity contribution in [2.75, 3.05) is 26.9 Å². The minimum absolute atomic E-state index is 0.0949. The van der Waals surface area contributed by atoms with Crippen LogP contribution in [-0.4, -0.2) is 32.5 Å². The number of likely N-dealkylation sites (N-methyl/N-ethyl adjacent to an activating group) is 1. The van der Waals surface area contributed by atoms with Gasteiger partial charge in [-0.25, -0.2) is 0 Å². The maximum atomic E-state index is 5.69. The van der Waals surface area contributed by atoms with Crippen LogP contribution in [-0.2, 0) is 9.47 Å². The van der Waals surface area contributed by atoms with Crippen LogP contribution in [0.3, 0.4) is 0 Å². The average Bonchev–Trinajstić information content (AvgIpc) is 2.32. The van der Waals surface area contributed by atoms with Gasteiger partial charge in [-0.15, -0.1) is 0 Å². The van der Waals surface area contributed by atoms with Gasteiger partial charge in [-0.05, 0) is 40.3 Å². The quantitative estimate of drug-likeness (QED) is 0.769. The van der Waals surface area contributed by atoms with Gasteiger partial charge >= 0.3 is 0 Å². The van der Waals surface area contributed by atoms with Crippen molar-refractivity contribution < 1.29 is 9.47 Å². The first-order chi connectivity index (χ1) is 8.92. The molecule has 0 amide bonds. The molecule has 108 valence electrons. The molecule has 3 heteroatoms. The molecule has 0 heterocycles. The Morgan fingerprint density at radius 2 is 1.95 bits per heavy atom. The molecule has 0 aliphatic carbocycles.